The predicted molar refractivity (Wildman–Crippen MR) is 111 cm³/mol. The lowest BCUT2D eigenvalue weighted by atomic mass is 9.86. The first-order valence-corrected chi connectivity index (χ1v) is 10.0. The molecule has 2 rings (SSSR count). The molecule has 1 unspecified atom stereocenters. The van der Waals surface area contributed by atoms with Gasteiger partial charge in [0, 0.05) is 5.56 Å². The minimum absolute atomic E-state index is 0.0292. The molecule has 0 aliphatic rings. The van der Waals surface area contributed by atoms with Crippen LogP contribution in [0.4, 0.5) is 5.69 Å². The molecule has 0 spiro atoms. The number of thioether (sulfide) groups is 1. The van der Waals surface area contributed by atoms with Gasteiger partial charge in [-0.3, -0.25) is 9.59 Å². The van der Waals surface area contributed by atoms with Crippen molar-refractivity contribution in [3.05, 3.63) is 53.7 Å². The van der Waals surface area contributed by atoms with Gasteiger partial charge in [-0.2, -0.15) is 0 Å². The molecule has 0 fully saturated rings. The van der Waals surface area contributed by atoms with Crippen molar-refractivity contribution in [2.24, 2.45) is 0 Å². The van der Waals surface area contributed by atoms with Crippen molar-refractivity contribution in [3.8, 4) is 0 Å². The third-order valence-corrected chi connectivity index (χ3v) is 4.88. The minimum atomic E-state index is -0.663. The minimum Gasteiger partial charge on any atom is -0.341 e. The van der Waals surface area contributed by atoms with E-state index in [1.807, 2.05) is 24.3 Å². The number of pyridine rings is 1. The maximum Gasteiger partial charge on any atom is 0.251 e. The highest BCUT2D eigenvalue weighted by atomic mass is 32.2. The van der Waals surface area contributed by atoms with Crippen LogP contribution < -0.4 is 10.6 Å². The maximum atomic E-state index is 12.4. The van der Waals surface area contributed by atoms with Crippen LogP contribution in [0.5, 0.6) is 0 Å². The quantitative estimate of drug-likeness (QED) is 0.729. The number of hydrogen-bond acceptors (Lipinski definition) is 4. The zero-order valence-corrected chi connectivity index (χ0v) is 17.3. The highest BCUT2D eigenvalue weighted by Gasteiger charge is 2.18. The molecule has 2 amide bonds. The summed E-state index contributed by atoms with van der Waals surface area (Å²) in [5, 5.41) is 6.41. The largest absolute Gasteiger partial charge is 0.341 e. The van der Waals surface area contributed by atoms with Crippen molar-refractivity contribution in [2.75, 3.05) is 11.1 Å². The Bertz CT molecular complexity index is 781. The fourth-order valence-corrected chi connectivity index (χ4v) is 2.99. The van der Waals surface area contributed by atoms with Crippen molar-refractivity contribution in [1.82, 2.24) is 10.3 Å². The van der Waals surface area contributed by atoms with Crippen molar-refractivity contribution >= 4 is 29.3 Å². The van der Waals surface area contributed by atoms with Gasteiger partial charge in [0.25, 0.3) is 5.91 Å². The van der Waals surface area contributed by atoms with Crippen LogP contribution in [0.15, 0.2) is 47.6 Å². The van der Waals surface area contributed by atoms with Crippen molar-refractivity contribution in [2.45, 2.75) is 51.1 Å². The molecule has 6 heteroatoms. The molecular weight excluding hydrogens is 358 g/mol. The van der Waals surface area contributed by atoms with E-state index in [0.29, 0.717) is 11.3 Å². The SMILES string of the molecule is CCSc1ccc(NC(=O)C(C)NC(=O)c2ccc(C(C)(C)C)cc2)cn1. The van der Waals surface area contributed by atoms with Crippen LogP contribution in [0, 0.1) is 0 Å². The lowest BCUT2D eigenvalue weighted by molar-refractivity contribution is -0.117. The molecule has 0 bridgehead atoms. The number of benzene rings is 1. The van der Waals surface area contributed by atoms with Crippen LogP contribution >= 0.6 is 11.8 Å². The van der Waals surface area contributed by atoms with Crippen LogP contribution in [0.3, 0.4) is 0 Å². The average Bonchev–Trinajstić information content (AvgIpc) is 2.63. The monoisotopic (exact) mass is 385 g/mol. The Morgan fingerprint density at radius 2 is 1.78 bits per heavy atom. The Morgan fingerprint density at radius 1 is 1.11 bits per heavy atom. The Balaban J connectivity index is 1.94. The molecule has 2 aromatic rings. The Hall–Kier alpha value is -2.34. The fraction of sp³-hybridized carbons (Fsp3) is 0.381. The molecule has 0 aliphatic heterocycles. The molecule has 1 aromatic carbocycles. The molecule has 0 saturated carbocycles. The van der Waals surface area contributed by atoms with Gasteiger partial charge in [-0.15, -0.1) is 11.8 Å². The van der Waals surface area contributed by atoms with Gasteiger partial charge >= 0.3 is 0 Å². The van der Waals surface area contributed by atoms with E-state index in [4.69, 9.17) is 0 Å². The van der Waals surface area contributed by atoms with Gasteiger partial charge in [0.05, 0.1) is 16.9 Å². The van der Waals surface area contributed by atoms with Crippen molar-refractivity contribution in [3.63, 3.8) is 0 Å². The Kier molecular flexibility index (Phi) is 7.02. The molecule has 0 saturated heterocycles. The first-order chi connectivity index (χ1) is 12.7. The van der Waals surface area contributed by atoms with E-state index in [1.54, 1.807) is 37.0 Å². The van der Waals surface area contributed by atoms with Crippen molar-refractivity contribution < 1.29 is 9.59 Å². The molecule has 2 N–H and O–H groups in total. The number of hydrogen-bond donors (Lipinski definition) is 2. The number of carbonyl (C=O) groups excluding carboxylic acids is 2. The molecule has 5 nitrogen and oxygen atoms in total. The van der Waals surface area contributed by atoms with Gasteiger partial charge in [-0.25, -0.2) is 4.98 Å². The van der Waals surface area contributed by atoms with E-state index in [2.05, 4.69) is 43.3 Å². The lowest BCUT2D eigenvalue weighted by Crippen LogP contribution is -2.41. The predicted octanol–water partition coefficient (Wildman–Crippen LogP) is 4.25. The van der Waals surface area contributed by atoms with Gasteiger partial charge in [0.1, 0.15) is 6.04 Å². The Labute approximate surface area is 165 Å². The number of rotatable bonds is 6. The zero-order chi connectivity index (χ0) is 20.0. The third kappa shape index (κ3) is 6.10. The van der Waals surface area contributed by atoms with Crippen LogP contribution in [0.2, 0.25) is 0 Å². The standard InChI is InChI=1S/C21H27N3O2S/c1-6-27-18-12-11-17(13-22-18)24-19(25)14(2)23-20(26)15-7-9-16(10-8-15)21(3,4)5/h7-14H,6H2,1-5H3,(H,23,26)(H,24,25). The summed E-state index contributed by atoms with van der Waals surface area (Å²) in [6.45, 7) is 10.1. The molecule has 144 valence electrons. The van der Waals surface area contributed by atoms with Crippen LogP contribution in [-0.2, 0) is 10.2 Å². The maximum absolute atomic E-state index is 12.4. The van der Waals surface area contributed by atoms with Crippen molar-refractivity contribution in [1.29, 1.82) is 0 Å². The van der Waals surface area contributed by atoms with E-state index in [9.17, 15) is 9.59 Å². The molecule has 0 radical (unpaired) electrons. The summed E-state index contributed by atoms with van der Waals surface area (Å²) in [7, 11) is 0. The van der Waals surface area contributed by atoms with Gasteiger partial charge in [0.15, 0.2) is 0 Å². The zero-order valence-electron chi connectivity index (χ0n) is 16.5. The molecule has 1 atom stereocenters. The van der Waals surface area contributed by atoms with Gasteiger partial charge < -0.3 is 10.6 Å². The number of amides is 2. The number of carbonyl (C=O) groups is 2. The number of nitrogens with one attached hydrogen (secondary N) is 2. The second-order valence-corrected chi connectivity index (χ2v) is 8.61. The summed E-state index contributed by atoms with van der Waals surface area (Å²) < 4.78 is 0. The highest BCUT2D eigenvalue weighted by Crippen LogP contribution is 2.22. The first kappa shape index (κ1) is 21.0. The molecule has 27 heavy (non-hydrogen) atoms. The number of aromatic nitrogens is 1. The smallest absolute Gasteiger partial charge is 0.251 e. The summed E-state index contributed by atoms with van der Waals surface area (Å²) in [5.41, 5.74) is 2.32. The van der Waals surface area contributed by atoms with Crippen LogP contribution in [-0.4, -0.2) is 28.6 Å². The van der Waals surface area contributed by atoms with Gasteiger partial charge in [-0.1, -0.05) is 39.8 Å². The highest BCUT2D eigenvalue weighted by molar-refractivity contribution is 7.99. The summed E-state index contributed by atoms with van der Waals surface area (Å²) in [6, 6.07) is 10.5. The normalized spacial score (nSPS) is 12.3. The van der Waals surface area contributed by atoms with Gasteiger partial charge in [0.2, 0.25) is 5.91 Å². The fourth-order valence-electron chi connectivity index (χ4n) is 2.41. The van der Waals surface area contributed by atoms with E-state index in [0.717, 1.165) is 16.3 Å². The first-order valence-electron chi connectivity index (χ1n) is 9.02. The summed E-state index contributed by atoms with van der Waals surface area (Å²) in [6.07, 6.45) is 1.62. The molecule has 1 heterocycles. The topological polar surface area (TPSA) is 71.1 Å². The second-order valence-electron chi connectivity index (χ2n) is 7.33. The summed E-state index contributed by atoms with van der Waals surface area (Å²) in [5.74, 6) is 0.386. The van der Waals surface area contributed by atoms with E-state index < -0.39 is 6.04 Å². The number of anilines is 1. The molecule has 0 aliphatic carbocycles. The lowest BCUT2D eigenvalue weighted by Gasteiger charge is -2.19. The molecular formula is C21H27N3O2S. The number of nitrogens with zero attached hydrogens (tertiary/aromatic N) is 1. The molecule has 1 aromatic heterocycles. The Morgan fingerprint density at radius 3 is 2.30 bits per heavy atom. The van der Waals surface area contributed by atoms with E-state index in [1.165, 1.54) is 0 Å². The van der Waals surface area contributed by atoms with E-state index >= 15 is 0 Å². The van der Waals surface area contributed by atoms with Crippen LogP contribution in [0.1, 0.15) is 50.5 Å². The van der Waals surface area contributed by atoms with Gasteiger partial charge in [-0.05, 0) is 47.9 Å². The van der Waals surface area contributed by atoms with Crippen LogP contribution in [0.25, 0.3) is 0 Å². The van der Waals surface area contributed by atoms with E-state index in [-0.39, 0.29) is 17.2 Å². The third-order valence-electron chi connectivity index (χ3n) is 4.05. The summed E-state index contributed by atoms with van der Waals surface area (Å²) >= 11 is 1.64. The average molecular weight is 386 g/mol. The second kappa shape index (κ2) is 9.04. The summed E-state index contributed by atoms with van der Waals surface area (Å²) in [4.78, 5) is 29.0.